The number of allylic oxidation sites excluding steroid dienone is 1. The third-order valence-corrected chi connectivity index (χ3v) is 4.43. The minimum Gasteiger partial charge on any atom is -0.478 e. The average molecular weight is 402 g/mol. The first-order chi connectivity index (χ1) is 14.3. The molecular weight excluding hydrogens is 388 g/mol. The van der Waals surface area contributed by atoms with Crippen LogP contribution in [-0.2, 0) is 0 Å². The summed E-state index contributed by atoms with van der Waals surface area (Å²) in [5.74, 6) is -1.15. The Labute approximate surface area is 170 Å². The van der Waals surface area contributed by atoms with Gasteiger partial charge in [0.25, 0.3) is 5.69 Å². The van der Waals surface area contributed by atoms with Crippen molar-refractivity contribution in [2.45, 2.75) is 6.92 Å². The highest BCUT2D eigenvalue weighted by Gasteiger charge is 2.17. The lowest BCUT2D eigenvalue weighted by atomic mass is 10.0. The van der Waals surface area contributed by atoms with E-state index in [2.05, 4.69) is 0 Å². The van der Waals surface area contributed by atoms with Gasteiger partial charge in [-0.3, -0.25) is 14.9 Å². The molecule has 1 aromatic heterocycles. The van der Waals surface area contributed by atoms with Gasteiger partial charge >= 0.3 is 5.97 Å². The van der Waals surface area contributed by atoms with Crippen LogP contribution in [0.15, 0.2) is 64.6 Å². The molecule has 0 saturated heterocycles. The molecule has 1 heterocycles. The fourth-order valence-electron chi connectivity index (χ4n) is 2.92. The van der Waals surface area contributed by atoms with Gasteiger partial charge in [0, 0.05) is 29.3 Å². The average Bonchev–Trinajstić information content (AvgIpc) is 3.19. The highest BCUT2D eigenvalue weighted by Crippen LogP contribution is 2.28. The van der Waals surface area contributed by atoms with Gasteiger partial charge in [-0.25, -0.2) is 4.79 Å². The second-order valence-corrected chi connectivity index (χ2v) is 6.29. The number of nitro groups is 1. The Balaban J connectivity index is 1.95. The summed E-state index contributed by atoms with van der Waals surface area (Å²) < 4.78 is 5.68. The van der Waals surface area contributed by atoms with Crippen molar-refractivity contribution in [2.75, 3.05) is 0 Å². The molecule has 0 aliphatic heterocycles. The Morgan fingerprint density at radius 1 is 1.17 bits per heavy atom. The molecule has 0 spiro atoms. The van der Waals surface area contributed by atoms with Crippen LogP contribution in [0.25, 0.3) is 17.4 Å². The smallest absolute Gasteiger partial charge is 0.335 e. The number of nitriles is 1. The molecule has 1 N–H and O–H groups in total. The zero-order chi connectivity index (χ0) is 21.8. The standard InChI is InChI=1S/C22H14N2O6/c1-13-18(6-3-7-19(13)22(26)27)20-9-8-17(30-20)11-15(12-23)21(25)14-4-2-5-16(10-14)24(28)29/h2-11H,1H3,(H,26,27)/b15-11+. The Morgan fingerprint density at radius 3 is 2.57 bits per heavy atom. The van der Waals surface area contributed by atoms with E-state index in [1.807, 2.05) is 0 Å². The van der Waals surface area contributed by atoms with Crippen LogP contribution in [0.2, 0.25) is 0 Å². The summed E-state index contributed by atoms with van der Waals surface area (Å²) in [6.45, 7) is 1.66. The van der Waals surface area contributed by atoms with E-state index < -0.39 is 16.7 Å². The number of carbonyl (C=O) groups excluding carboxylic acids is 1. The fourth-order valence-corrected chi connectivity index (χ4v) is 2.92. The quantitative estimate of drug-likeness (QED) is 0.208. The molecule has 8 heteroatoms. The Kier molecular flexibility index (Phi) is 5.56. The number of hydrogen-bond donors (Lipinski definition) is 1. The van der Waals surface area contributed by atoms with Crippen molar-refractivity contribution in [3.63, 3.8) is 0 Å². The van der Waals surface area contributed by atoms with Crippen molar-refractivity contribution in [1.29, 1.82) is 5.26 Å². The molecule has 0 bridgehead atoms. The Bertz CT molecular complexity index is 1250. The number of furan rings is 1. The summed E-state index contributed by atoms with van der Waals surface area (Å²) in [6.07, 6.45) is 1.24. The third kappa shape index (κ3) is 4.00. The van der Waals surface area contributed by atoms with Gasteiger partial charge in [-0.1, -0.05) is 24.3 Å². The molecule has 0 atom stereocenters. The van der Waals surface area contributed by atoms with Gasteiger partial charge in [-0.2, -0.15) is 5.26 Å². The van der Waals surface area contributed by atoms with Gasteiger partial charge in [-0.15, -0.1) is 0 Å². The first-order valence-corrected chi connectivity index (χ1v) is 8.66. The van der Waals surface area contributed by atoms with Crippen LogP contribution < -0.4 is 0 Å². The molecule has 0 fully saturated rings. The highest BCUT2D eigenvalue weighted by atomic mass is 16.6. The molecule has 2 aromatic carbocycles. The van der Waals surface area contributed by atoms with Crippen LogP contribution in [0.5, 0.6) is 0 Å². The van der Waals surface area contributed by atoms with Crippen LogP contribution in [0.4, 0.5) is 5.69 Å². The van der Waals surface area contributed by atoms with Crippen molar-refractivity contribution in [1.82, 2.24) is 0 Å². The molecule has 8 nitrogen and oxygen atoms in total. The summed E-state index contributed by atoms with van der Waals surface area (Å²) >= 11 is 0. The number of carboxylic acid groups (broad SMARTS) is 1. The van der Waals surface area contributed by atoms with E-state index in [1.54, 1.807) is 37.3 Å². The molecule has 3 rings (SSSR count). The van der Waals surface area contributed by atoms with Crippen LogP contribution >= 0.6 is 0 Å². The van der Waals surface area contributed by atoms with Gasteiger partial charge in [0.05, 0.1) is 10.5 Å². The largest absolute Gasteiger partial charge is 0.478 e. The number of Topliss-reactive ketones (excluding diaryl/α,β-unsaturated/α-hetero) is 1. The second-order valence-electron chi connectivity index (χ2n) is 6.29. The summed E-state index contributed by atoms with van der Waals surface area (Å²) in [5, 5.41) is 29.5. The van der Waals surface area contributed by atoms with Crippen molar-refractivity contribution < 1.29 is 24.0 Å². The van der Waals surface area contributed by atoms with E-state index in [-0.39, 0.29) is 28.1 Å². The van der Waals surface area contributed by atoms with Gasteiger partial charge in [0.2, 0.25) is 5.78 Å². The molecule has 0 aliphatic rings. The zero-order valence-electron chi connectivity index (χ0n) is 15.7. The van der Waals surface area contributed by atoms with Crippen LogP contribution in [0.3, 0.4) is 0 Å². The lowest BCUT2D eigenvalue weighted by Gasteiger charge is -2.06. The highest BCUT2D eigenvalue weighted by molar-refractivity contribution is 6.14. The van der Waals surface area contributed by atoms with E-state index in [1.165, 1.54) is 30.3 Å². The van der Waals surface area contributed by atoms with Gasteiger partial charge < -0.3 is 9.52 Å². The first-order valence-electron chi connectivity index (χ1n) is 8.66. The van der Waals surface area contributed by atoms with Crippen LogP contribution in [0.1, 0.15) is 32.0 Å². The third-order valence-electron chi connectivity index (χ3n) is 4.43. The number of ketones is 1. The fraction of sp³-hybridized carbons (Fsp3) is 0.0455. The maximum atomic E-state index is 12.6. The molecule has 148 valence electrons. The number of carbonyl (C=O) groups is 2. The summed E-state index contributed by atoms with van der Waals surface area (Å²) in [4.78, 5) is 34.2. The number of hydrogen-bond acceptors (Lipinski definition) is 6. The predicted molar refractivity (Wildman–Crippen MR) is 107 cm³/mol. The van der Waals surface area contributed by atoms with Gasteiger partial charge in [-0.05, 0) is 30.7 Å². The molecule has 0 unspecified atom stereocenters. The number of non-ortho nitro benzene ring substituents is 1. The van der Waals surface area contributed by atoms with Crippen LogP contribution in [0, 0.1) is 28.4 Å². The molecular formula is C22H14N2O6. The molecule has 0 radical (unpaired) electrons. The van der Waals surface area contributed by atoms with E-state index in [0.717, 1.165) is 6.07 Å². The predicted octanol–water partition coefficient (Wildman–Crippen LogP) is 4.65. The van der Waals surface area contributed by atoms with Gasteiger partial charge in [0.1, 0.15) is 23.2 Å². The van der Waals surface area contributed by atoms with E-state index >= 15 is 0 Å². The first kappa shape index (κ1) is 20.2. The van der Waals surface area contributed by atoms with Crippen molar-refractivity contribution in [3.05, 3.63) is 92.7 Å². The number of nitrogens with zero attached hydrogens (tertiary/aromatic N) is 2. The number of rotatable bonds is 6. The van der Waals surface area contributed by atoms with Crippen molar-refractivity contribution in [3.8, 4) is 17.4 Å². The Morgan fingerprint density at radius 2 is 1.90 bits per heavy atom. The molecule has 0 saturated carbocycles. The Hall–Kier alpha value is -4.51. The van der Waals surface area contributed by atoms with E-state index in [9.17, 15) is 30.1 Å². The number of benzene rings is 2. The summed E-state index contributed by atoms with van der Waals surface area (Å²) in [7, 11) is 0. The monoisotopic (exact) mass is 402 g/mol. The minimum atomic E-state index is -1.06. The second kappa shape index (κ2) is 8.24. The number of carboxylic acids is 1. The van der Waals surface area contributed by atoms with Crippen LogP contribution in [-0.4, -0.2) is 21.8 Å². The number of aromatic carboxylic acids is 1. The van der Waals surface area contributed by atoms with E-state index in [4.69, 9.17) is 4.42 Å². The normalized spacial score (nSPS) is 11.0. The topological polar surface area (TPSA) is 134 Å². The SMILES string of the molecule is Cc1c(C(=O)O)cccc1-c1ccc(/C=C(\C#N)C(=O)c2cccc([N+](=O)[O-])c2)o1. The summed E-state index contributed by atoms with van der Waals surface area (Å²) in [6, 6.07) is 14.8. The minimum absolute atomic E-state index is 0.00813. The summed E-state index contributed by atoms with van der Waals surface area (Å²) in [5.41, 5.74) is 0.717. The molecule has 30 heavy (non-hydrogen) atoms. The lowest BCUT2D eigenvalue weighted by Crippen LogP contribution is -2.02. The maximum absolute atomic E-state index is 12.6. The molecule has 0 aliphatic carbocycles. The van der Waals surface area contributed by atoms with Crippen molar-refractivity contribution >= 4 is 23.5 Å². The number of nitro benzene ring substituents is 1. The van der Waals surface area contributed by atoms with E-state index in [0.29, 0.717) is 16.9 Å². The molecule has 0 amide bonds. The zero-order valence-corrected chi connectivity index (χ0v) is 15.7. The van der Waals surface area contributed by atoms with Gasteiger partial charge in [0.15, 0.2) is 0 Å². The lowest BCUT2D eigenvalue weighted by molar-refractivity contribution is -0.384. The maximum Gasteiger partial charge on any atom is 0.335 e. The molecule has 3 aromatic rings. The van der Waals surface area contributed by atoms with Crippen molar-refractivity contribution in [2.24, 2.45) is 0 Å².